The molecule has 1 unspecified atom stereocenters. The topological polar surface area (TPSA) is 42.7 Å². The Morgan fingerprint density at radius 2 is 2.00 bits per heavy atom. The van der Waals surface area contributed by atoms with Crippen LogP contribution < -0.4 is 5.32 Å². The molecular weight excluding hydrogens is 248 g/mol. The summed E-state index contributed by atoms with van der Waals surface area (Å²) >= 11 is 0. The van der Waals surface area contributed by atoms with E-state index in [0.717, 1.165) is 25.2 Å². The molecule has 1 N–H and O–H groups in total. The van der Waals surface area contributed by atoms with Crippen molar-refractivity contribution in [3.8, 4) is 0 Å². The second kappa shape index (κ2) is 6.66. The normalized spacial score (nSPS) is 12.6. The third-order valence-electron chi connectivity index (χ3n) is 3.45. The molecule has 0 saturated carbocycles. The number of aryl methyl sites for hydroxylation is 3. The Kier molecular flexibility index (Phi) is 4.90. The average Bonchev–Trinajstić information content (AvgIpc) is 2.78. The van der Waals surface area contributed by atoms with Gasteiger partial charge in [0.2, 0.25) is 0 Å². The number of pyridine rings is 1. The first-order valence-electron chi connectivity index (χ1n) is 7.32. The summed E-state index contributed by atoms with van der Waals surface area (Å²) in [5.74, 6) is 0. The summed E-state index contributed by atoms with van der Waals surface area (Å²) in [7, 11) is 0. The highest BCUT2D eigenvalue weighted by atomic mass is 15.3. The molecule has 2 heterocycles. The van der Waals surface area contributed by atoms with Gasteiger partial charge in [-0.05, 0) is 44.5 Å². The Balaban J connectivity index is 2.25. The van der Waals surface area contributed by atoms with Crippen LogP contribution in [0.25, 0.3) is 0 Å². The largest absolute Gasteiger partial charge is 0.310 e. The van der Waals surface area contributed by atoms with Crippen LogP contribution in [0.1, 0.15) is 42.4 Å². The average molecular weight is 272 g/mol. The minimum Gasteiger partial charge on any atom is -0.310 e. The van der Waals surface area contributed by atoms with Crippen molar-refractivity contribution < 1.29 is 0 Å². The van der Waals surface area contributed by atoms with Gasteiger partial charge in [0.05, 0.1) is 5.69 Å². The number of likely N-dealkylation sites (N-methyl/N-ethyl adjacent to an activating group) is 1. The molecule has 0 bridgehead atoms. The van der Waals surface area contributed by atoms with Gasteiger partial charge in [-0.25, -0.2) is 0 Å². The van der Waals surface area contributed by atoms with Gasteiger partial charge in [0.25, 0.3) is 0 Å². The minimum atomic E-state index is 0.286. The molecule has 0 amide bonds. The molecule has 0 spiro atoms. The van der Waals surface area contributed by atoms with E-state index in [1.54, 1.807) is 0 Å². The van der Waals surface area contributed by atoms with Crippen molar-refractivity contribution in [2.45, 2.75) is 46.7 Å². The first kappa shape index (κ1) is 14.7. The zero-order valence-electron chi connectivity index (χ0n) is 12.8. The van der Waals surface area contributed by atoms with Gasteiger partial charge in [-0.15, -0.1) is 0 Å². The smallest absolute Gasteiger partial charge is 0.0596 e. The number of rotatable bonds is 6. The molecule has 2 aromatic rings. The van der Waals surface area contributed by atoms with Crippen molar-refractivity contribution in [3.05, 3.63) is 47.0 Å². The lowest BCUT2D eigenvalue weighted by atomic mass is 10.0. The number of hydrogen-bond acceptors (Lipinski definition) is 3. The first-order valence-corrected chi connectivity index (χ1v) is 7.32. The predicted molar refractivity (Wildman–Crippen MR) is 81.7 cm³/mol. The van der Waals surface area contributed by atoms with Crippen molar-refractivity contribution in [1.29, 1.82) is 0 Å². The molecule has 108 valence electrons. The van der Waals surface area contributed by atoms with Gasteiger partial charge in [0.1, 0.15) is 0 Å². The van der Waals surface area contributed by atoms with E-state index in [4.69, 9.17) is 0 Å². The summed E-state index contributed by atoms with van der Waals surface area (Å²) in [5.41, 5.74) is 4.80. The molecule has 0 aromatic carbocycles. The summed E-state index contributed by atoms with van der Waals surface area (Å²) in [5, 5.41) is 8.08. The van der Waals surface area contributed by atoms with Crippen LogP contribution in [0.4, 0.5) is 0 Å². The molecule has 4 heteroatoms. The monoisotopic (exact) mass is 272 g/mol. The van der Waals surface area contributed by atoms with Gasteiger partial charge in [-0.2, -0.15) is 5.10 Å². The zero-order chi connectivity index (χ0) is 14.5. The maximum Gasteiger partial charge on any atom is 0.0596 e. The Morgan fingerprint density at radius 3 is 2.65 bits per heavy atom. The molecule has 0 radical (unpaired) electrons. The maximum absolute atomic E-state index is 4.53. The molecule has 0 aliphatic heterocycles. The van der Waals surface area contributed by atoms with Gasteiger partial charge in [-0.1, -0.05) is 13.0 Å². The molecule has 20 heavy (non-hydrogen) atoms. The van der Waals surface area contributed by atoms with Crippen LogP contribution in [-0.2, 0) is 13.0 Å². The molecule has 1 atom stereocenters. The molecule has 0 saturated heterocycles. The predicted octanol–water partition coefficient (Wildman–Crippen LogP) is 2.81. The van der Waals surface area contributed by atoms with Gasteiger partial charge < -0.3 is 5.32 Å². The van der Waals surface area contributed by atoms with Gasteiger partial charge in [-0.3, -0.25) is 9.67 Å². The van der Waals surface area contributed by atoms with E-state index in [2.05, 4.69) is 53.0 Å². The first-order chi connectivity index (χ1) is 9.63. The third-order valence-corrected chi connectivity index (χ3v) is 3.45. The SMILES string of the molecule is CCNC(Cc1cc(C)nn1CC)c1cncc(C)c1. The summed E-state index contributed by atoms with van der Waals surface area (Å²) in [6, 6.07) is 4.67. The van der Waals surface area contributed by atoms with E-state index in [1.165, 1.54) is 16.8 Å². The second-order valence-corrected chi connectivity index (χ2v) is 5.20. The van der Waals surface area contributed by atoms with Crippen molar-refractivity contribution in [3.63, 3.8) is 0 Å². The highest BCUT2D eigenvalue weighted by Gasteiger charge is 2.15. The van der Waals surface area contributed by atoms with E-state index in [9.17, 15) is 0 Å². The zero-order valence-corrected chi connectivity index (χ0v) is 12.8. The molecule has 2 aromatic heterocycles. The lowest BCUT2D eigenvalue weighted by Crippen LogP contribution is -2.24. The Morgan fingerprint density at radius 1 is 1.20 bits per heavy atom. The van der Waals surface area contributed by atoms with Crippen LogP contribution in [0, 0.1) is 13.8 Å². The van der Waals surface area contributed by atoms with Crippen LogP contribution in [0.15, 0.2) is 24.5 Å². The van der Waals surface area contributed by atoms with Crippen LogP contribution in [0.2, 0.25) is 0 Å². The van der Waals surface area contributed by atoms with E-state index in [0.29, 0.717) is 0 Å². The molecule has 0 aliphatic carbocycles. The van der Waals surface area contributed by atoms with Crippen molar-refractivity contribution in [2.75, 3.05) is 6.54 Å². The highest BCUT2D eigenvalue weighted by Crippen LogP contribution is 2.19. The fraction of sp³-hybridized carbons (Fsp3) is 0.500. The van der Waals surface area contributed by atoms with Crippen molar-refractivity contribution >= 4 is 0 Å². The number of nitrogens with one attached hydrogen (secondary N) is 1. The van der Waals surface area contributed by atoms with Gasteiger partial charge >= 0.3 is 0 Å². The number of hydrogen-bond donors (Lipinski definition) is 1. The molecular formula is C16H24N4. The standard InChI is InChI=1S/C16H24N4/c1-5-18-16(14-7-12(3)10-17-11-14)9-15-8-13(4)19-20(15)6-2/h7-8,10-11,16,18H,5-6,9H2,1-4H3. The molecule has 0 fully saturated rings. The third kappa shape index (κ3) is 3.45. The van der Waals surface area contributed by atoms with Gasteiger partial charge in [0, 0.05) is 37.1 Å². The van der Waals surface area contributed by atoms with E-state index >= 15 is 0 Å². The quantitative estimate of drug-likeness (QED) is 0.879. The highest BCUT2D eigenvalue weighted by molar-refractivity contribution is 5.22. The molecule has 0 aliphatic rings. The Bertz CT molecular complexity index is 559. The van der Waals surface area contributed by atoms with E-state index < -0.39 is 0 Å². The Labute approximate surface area is 121 Å². The van der Waals surface area contributed by atoms with Gasteiger partial charge in [0.15, 0.2) is 0 Å². The molecule has 2 rings (SSSR count). The lowest BCUT2D eigenvalue weighted by Gasteiger charge is -2.19. The van der Waals surface area contributed by atoms with E-state index in [1.807, 2.05) is 19.3 Å². The van der Waals surface area contributed by atoms with Crippen LogP contribution in [-0.4, -0.2) is 21.3 Å². The lowest BCUT2D eigenvalue weighted by molar-refractivity contribution is 0.515. The van der Waals surface area contributed by atoms with E-state index in [-0.39, 0.29) is 6.04 Å². The fourth-order valence-corrected chi connectivity index (χ4v) is 2.57. The summed E-state index contributed by atoms with van der Waals surface area (Å²) < 4.78 is 2.09. The Hall–Kier alpha value is -1.68. The van der Waals surface area contributed by atoms with Crippen molar-refractivity contribution in [2.24, 2.45) is 0 Å². The van der Waals surface area contributed by atoms with Crippen LogP contribution in [0.3, 0.4) is 0 Å². The minimum absolute atomic E-state index is 0.286. The van der Waals surface area contributed by atoms with Crippen molar-refractivity contribution in [1.82, 2.24) is 20.1 Å². The summed E-state index contributed by atoms with van der Waals surface area (Å²) in [4.78, 5) is 4.31. The fourth-order valence-electron chi connectivity index (χ4n) is 2.57. The summed E-state index contributed by atoms with van der Waals surface area (Å²) in [6.07, 6.45) is 4.79. The van der Waals surface area contributed by atoms with Crippen LogP contribution in [0.5, 0.6) is 0 Å². The van der Waals surface area contributed by atoms with Crippen LogP contribution >= 0.6 is 0 Å². The number of aromatic nitrogens is 3. The molecule has 4 nitrogen and oxygen atoms in total. The second-order valence-electron chi connectivity index (χ2n) is 5.20. The summed E-state index contributed by atoms with van der Waals surface area (Å²) in [6.45, 7) is 10.3. The maximum atomic E-state index is 4.53. The number of nitrogens with zero attached hydrogens (tertiary/aromatic N) is 3.